The van der Waals surface area contributed by atoms with E-state index in [1.807, 2.05) is 0 Å². The predicted octanol–water partition coefficient (Wildman–Crippen LogP) is 2.47. The zero-order valence-electron chi connectivity index (χ0n) is 9.61. The van der Waals surface area contributed by atoms with Crippen molar-refractivity contribution in [2.75, 3.05) is 6.54 Å². The fraction of sp³-hybridized carbons (Fsp3) is 0.333. The van der Waals surface area contributed by atoms with Crippen LogP contribution in [-0.2, 0) is 13.0 Å². The zero-order chi connectivity index (χ0) is 12.1. The highest BCUT2D eigenvalue weighted by Crippen LogP contribution is 2.17. The molecule has 2 aromatic rings. The Morgan fingerprint density at radius 2 is 2.29 bits per heavy atom. The Kier molecular flexibility index (Phi) is 4.28. The highest BCUT2D eigenvalue weighted by atomic mass is 79.9. The van der Waals surface area contributed by atoms with Crippen LogP contribution in [-0.4, -0.2) is 16.7 Å². The van der Waals surface area contributed by atoms with Gasteiger partial charge in [0.25, 0.3) is 0 Å². The minimum Gasteiger partial charge on any atom is -0.343 e. The summed E-state index contributed by atoms with van der Waals surface area (Å²) in [5.41, 5.74) is 2.51. The number of halogens is 1. The fourth-order valence-corrected chi connectivity index (χ4v) is 1.91. The average Bonchev–Trinajstić information content (AvgIpc) is 2.82. The molecule has 0 unspecified atom stereocenters. The van der Waals surface area contributed by atoms with Gasteiger partial charge in [0.15, 0.2) is 5.82 Å². The van der Waals surface area contributed by atoms with Crippen LogP contribution in [0.1, 0.15) is 17.0 Å². The van der Waals surface area contributed by atoms with E-state index >= 15 is 0 Å². The summed E-state index contributed by atoms with van der Waals surface area (Å²) in [4.78, 5) is 3.96. The molecule has 90 valence electrons. The molecule has 1 heterocycles. The van der Waals surface area contributed by atoms with E-state index in [1.165, 1.54) is 17.5 Å². The molecule has 0 aliphatic carbocycles. The maximum atomic E-state index is 4.66. The molecule has 2 rings (SSSR count). The molecule has 0 atom stereocenters. The number of benzene rings is 1. The molecule has 0 aliphatic heterocycles. The molecule has 0 aliphatic rings. The monoisotopic (exact) mass is 295 g/mol. The van der Waals surface area contributed by atoms with E-state index in [1.54, 1.807) is 0 Å². The summed E-state index contributed by atoms with van der Waals surface area (Å²) in [5.74, 6) is 0.739. The van der Waals surface area contributed by atoms with Gasteiger partial charge in [-0.15, -0.1) is 0 Å². The van der Waals surface area contributed by atoms with Crippen molar-refractivity contribution in [3.63, 3.8) is 0 Å². The van der Waals surface area contributed by atoms with Crippen LogP contribution in [0.4, 0.5) is 0 Å². The summed E-state index contributed by atoms with van der Waals surface area (Å²) in [5, 5.41) is 7.10. The lowest BCUT2D eigenvalue weighted by Crippen LogP contribution is -2.17. The SMILES string of the molecule is Cc1ccc(CNCCc2ncon2)cc1Br. The Balaban J connectivity index is 1.76. The molecule has 5 heteroatoms. The van der Waals surface area contributed by atoms with Crippen molar-refractivity contribution in [1.29, 1.82) is 0 Å². The average molecular weight is 296 g/mol. The third-order valence-corrected chi connectivity index (χ3v) is 3.35. The zero-order valence-corrected chi connectivity index (χ0v) is 11.2. The first-order valence-corrected chi connectivity index (χ1v) is 6.26. The molecule has 0 spiro atoms. The summed E-state index contributed by atoms with van der Waals surface area (Å²) >= 11 is 3.53. The van der Waals surface area contributed by atoms with Crippen LogP contribution >= 0.6 is 15.9 Å². The van der Waals surface area contributed by atoms with Crippen LogP contribution < -0.4 is 5.32 Å². The van der Waals surface area contributed by atoms with Gasteiger partial charge in [-0.25, -0.2) is 0 Å². The van der Waals surface area contributed by atoms with Crippen molar-refractivity contribution in [2.24, 2.45) is 0 Å². The lowest BCUT2D eigenvalue weighted by molar-refractivity contribution is 0.409. The van der Waals surface area contributed by atoms with Crippen molar-refractivity contribution in [3.05, 3.63) is 46.0 Å². The Morgan fingerprint density at radius 1 is 1.41 bits per heavy atom. The number of nitrogens with zero attached hydrogens (tertiary/aromatic N) is 2. The summed E-state index contributed by atoms with van der Waals surface area (Å²) in [7, 11) is 0. The molecule has 0 radical (unpaired) electrons. The second kappa shape index (κ2) is 5.93. The summed E-state index contributed by atoms with van der Waals surface area (Å²) in [6.07, 6.45) is 2.13. The summed E-state index contributed by atoms with van der Waals surface area (Å²) in [6, 6.07) is 6.37. The number of aromatic nitrogens is 2. The van der Waals surface area contributed by atoms with E-state index in [0.29, 0.717) is 0 Å². The second-order valence-electron chi connectivity index (χ2n) is 3.86. The molecule has 0 fully saturated rings. The van der Waals surface area contributed by atoms with Gasteiger partial charge in [-0.1, -0.05) is 33.2 Å². The van der Waals surface area contributed by atoms with Gasteiger partial charge >= 0.3 is 0 Å². The smallest absolute Gasteiger partial charge is 0.213 e. The number of rotatable bonds is 5. The van der Waals surface area contributed by atoms with Gasteiger partial charge in [-0.2, -0.15) is 4.98 Å². The number of hydrogen-bond acceptors (Lipinski definition) is 4. The van der Waals surface area contributed by atoms with Crippen LogP contribution in [0.25, 0.3) is 0 Å². The van der Waals surface area contributed by atoms with Crippen molar-refractivity contribution < 1.29 is 4.52 Å². The number of hydrogen-bond donors (Lipinski definition) is 1. The largest absolute Gasteiger partial charge is 0.343 e. The predicted molar refractivity (Wildman–Crippen MR) is 68.6 cm³/mol. The topological polar surface area (TPSA) is 51.0 Å². The Hall–Kier alpha value is -1.20. The quantitative estimate of drug-likeness (QED) is 0.861. The summed E-state index contributed by atoms with van der Waals surface area (Å²) in [6.45, 7) is 3.76. The van der Waals surface area contributed by atoms with Crippen molar-refractivity contribution >= 4 is 15.9 Å². The van der Waals surface area contributed by atoms with E-state index in [9.17, 15) is 0 Å². The van der Waals surface area contributed by atoms with E-state index in [2.05, 4.69) is 61.0 Å². The first-order chi connectivity index (χ1) is 8.25. The van der Waals surface area contributed by atoms with Crippen molar-refractivity contribution in [2.45, 2.75) is 19.9 Å². The lowest BCUT2D eigenvalue weighted by Gasteiger charge is -2.05. The van der Waals surface area contributed by atoms with Crippen molar-refractivity contribution in [1.82, 2.24) is 15.5 Å². The molecule has 4 nitrogen and oxygen atoms in total. The van der Waals surface area contributed by atoms with E-state index in [-0.39, 0.29) is 0 Å². The van der Waals surface area contributed by atoms with Crippen molar-refractivity contribution in [3.8, 4) is 0 Å². The maximum Gasteiger partial charge on any atom is 0.213 e. The molecule has 0 saturated heterocycles. The number of nitrogens with one attached hydrogen (secondary N) is 1. The third-order valence-electron chi connectivity index (χ3n) is 2.50. The van der Waals surface area contributed by atoms with E-state index in [0.717, 1.165) is 29.8 Å². The van der Waals surface area contributed by atoms with Crippen LogP contribution in [0.5, 0.6) is 0 Å². The van der Waals surface area contributed by atoms with Crippen LogP contribution in [0.2, 0.25) is 0 Å². The normalized spacial score (nSPS) is 10.7. The van der Waals surface area contributed by atoms with Gasteiger partial charge in [-0.05, 0) is 24.1 Å². The van der Waals surface area contributed by atoms with E-state index in [4.69, 9.17) is 0 Å². The first-order valence-electron chi connectivity index (χ1n) is 5.46. The van der Waals surface area contributed by atoms with Gasteiger partial charge in [0.1, 0.15) is 0 Å². The van der Waals surface area contributed by atoms with Crippen LogP contribution in [0, 0.1) is 6.92 Å². The first kappa shape index (κ1) is 12.3. The second-order valence-corrected chi connectivity index (χ2v) is 4.71. The Labute approximate surface area is 109 Å². The van der Waals surface area contributed by atoms with Gasteiger partial charge in [0.05, 0.1) is 0 Å². The van der Waals surface area contributed by atoms with Gasteiger partial charge in [0, 0.05) is 24.0 Å². The molecular formula is C12H14BrN3O. The molecule has 1 aromatic carbocycles. The minimum absolute atomic E-state index is 0.739. The highest BCUT2D eigenvalue weighted by Gasteiger charge is 1.99. The Morgan fingerprint density at radius 3 is 3.00 bits per heavy atom. The molecular weight excluding hydrogens is 282 g/mol. The maximum absolute atomic E-state index is 4.66. The van der Waals surface area contributed by atoms with Gasteiger partial charge < -0.3 is 9.84 Å². The lowest BCUT2D eigenvalue weighted by atomic mass is 10.1. The van der Waals surface area contributed by atoms with Crippen LogP contribution in [0.15, 0.2) is 33.6 Å². The van der Waals surface area contributed by atoms with Crippen LogP contribution in [0.3, 0.4) is 0 Å². The Bertz CT molecular complexity index is 471. The molecule has 0 saturated carbocycles. The fourth-order valence-electron chi connectivity index (χ4n) is 1.48. The third kappa shape index (κ3) is 3.64. The summed E-state index contributed by atoms with van der Waals surface area (Å²) < 4.78 is 5.81. The standard InChI is InChI=1S/C12H14BrN3O/c1-9-2-3-10(6-11(9)13)7-14-5-4-12-15-8-17-16-12/h2-3,6,8,14H,4-5,7H2,1H3. The number of aryl methyl sites for hydroxylation is 1. The van der Waals surface area contributed by atoms with Gasteiger partial charge in [0.2, 0.25) is 6.39 Å². The minimum atomic E-state index is 0.739. The molecule has 1 aromatic heterocycles. The molecule has 17 heavy (non-hydrogen) atoms. The van der Waals surface area contributed by atoms with E-state index < -0.39 is 0 Å². The molecule has 0 amide bonds. The molecule has 0 bridgehead atoms. The van der Waals surface area contributed by atoms with Gasteiger partial charge in [-0.3, -0.25) is 0 Å². The highest BCUT2D eigenvalue weighted by molar-refractivity contribution is 9.10. The molecule has 1 N–H and O–H groups in total.